The Hall–Kier alpha value is -0.306. The number of Topliss-reactive ketones (excluding diaryl/α,β-unsaturated/α-hetero) is 1. The predicted octanol–water partition coefficient (Wildman–Crippen LogP) is 4.74. The summed E-state index contributed by atoms with van der Waals surface area (Å²) in [6.45, 7) is -0.368. The smallest absolute Gasteiger partial charge is 0.185 e. The van der Waals surface area contributed by atoms with Crippen LogP contribution in [0.15, 0.2) is 30.3 Å². The molecule has 0 unspecified atom stereocenters. The number of carbonyl (C=O) groups is 1. The van der Waals surface area contributed by atoms with Crippen molar-refractivity contribution in [3.63, 3.8) is 0 Å². The van der Waals surface area contributed by atoms with Gasteiger partial charge in [-0.15, -0.1) is 0 Å². The number of halogens is 4. The molecule has 2 aromatic rings. The van der Waals surface area contributed by atoms with Gasteiger partial charge >= 0.3 is 0 Å². The van der Waals surface area contributed by atoms with E-state index in [9.17, 15) is 18.0 Å². The van der Waals surface area contributed by atoms with Gasteiger partial charge < -0.3 is 12.2 Å². The molecule has 0 heterocycles. The molecule has 2 rings (SSSR count). The SMILES string of the molecule is [CH2-]OCC(=O)c1ccc(F)c(F)c1Cc1ccc(I)cc1F.[CH3-].[Y]. The zero-order valence-corrected chi connectivity index (χ0v) is 17.9. The fourth-order valence-corrected chi connectivity index (χ4v) is 2.51. The molecule has 0 atom stereocenters. The number of ether oxygens (including phenoxy) is 1. The van der Waals surface area contributed by atoms with Gasteiger partial charge in [-0.3, -0.25) is 4.79 Å². The van der Waals surface area contributed by atoms with Gasteiger partial charge in [-0.2, -0.15) is 0 Å². The molecule has 0 aliphatic rings. The van der Waals surface area contributed by atoms with Crippen LogP contribution in [0.25, 0.3) is 0 Å². The molecule has 24 heavy (non-hydrogen) atoms. The van der Waals surface area contributed by atoms with Gasteiger partial charge in [0.2, 0.25) is 0 Å². The van der Waals surface area contributed by atoms with E-state index in [-0.39, 0.29) is 69.9 Å². The first-order valence-electron chi connectivity index (χ1n) is 6.25. The monoisotopic (exact) mass is 523 g/mol. The average Bonchev–Trinajstić information content (AvgIpc) is 2.46. The summed E-state index contributed by atoms with van der Waals surface area (Å²) in [5.41, 5.74) is -0.0582. The molecule has 0 fully saturated rings. The summed E-state index contributed by atoms with van der Waals surface area (Å²) in [5.74, 6) is -3.34. The van der Waals surface area contributed by atoms with E-state index in [0.717, 1.165) is 6.07 Å². The van der Waals surface area contributed by atoms with Crippen LogP contribution in [0.3, 0.4) is 0 Å². The molecule has 0 N–H and O–H groups in total. The van der Waals surface area contributed by atoms with Crippen LogP contribution in [-0.4, -0.2) is 12.4 Å². The quantitative estimate of drug-likeness (QED) is 0.322. The number of ketones is 1. The largest absolute Gasteiger partial charge is 0.549 e. The Labute approximate surface area is 178 Å². The summed E-state index contributed by atoms with van der Waals surface area (Å²) in [6.07, 6.45) is -0.232. The summed E-state index contributed by atoms with van der Waals surface area (Å²) < 4.78 is 46.6. The fraction of sp³-hybridized carbons (Fsp3) is 0.118. The van der Waals surface area contributed by atoms with E-state index in [2.05, 4.69) is 11.8 Å². The Morgan fingerprint density at radius 3 is 2.38 bits per heavy atom. The molecular weight excluding hydrogens is 509 g/mol. The standard InChI is InChI=1S/C16H11F3IO2.CH3.Y/c1-22-8-15(21)11-4-5-13(17)16(19)12(11)6-9-2-3-10(20)7-14(9)18;;/h2-5,7H,1,6,8H2;1H3;/q2*-1;. The van der Waals surface area contributed by atoms with E-state index in [1.54, 1.807) is 6.07 Å². The Balaban J connectivity index is 0.00000264. The second kappa shape index (κ2) is 10.6. The van der Waals surface area contributed by atoms with E-state index in [0.29, 0.717) is 3.57 Å². The summed E-state index contributed by atoms with van der Waals surface area (Å²) >= 11 is 1.94. The zero-order chi connectivity index (χ0) is 16.3. The molecule has 2 aromatic carbocycles. The first-order chi connectivity index (χ1) is 10.4. The van der Waals surface area contributed by atoms with E-state index in [4.69, 9.17) is 0 Å². The minimum absolute atomic E-state index is 0. The van der Waals surface area contributed by atoms with Crippen molar-refractivity contribution >= 4 is 28.4 Å². The van der Waals surface area contributed by atoms with Gasteiger partial charge in [0.25, 0.3) is 0 Å². The molecule has 127 valence electrons. The van der Waals surface area contributed by atoms with Crippen LogP contribution >= 0.6 is 22.6 Å². The maximum absolute atomic E-state index is 14.1. The number of carbonyl (C=O) groups excluding carboxylic acids is 1. The third-order valence-electron chi connectivity index (χ3n) is 3.11. The van der Waals surface area contributed by atoms with Crippen LogP contribution in [0, 0.1) is 35.6 Å². The van der Waals surface area contributed by atoms with Crippen molar-refractivity contribution in [1.82, 2.24) is 0 Å². The minimum Gasteiger partial charge on any atom is -0.549 e. The molecule has 0 spiro atoms. The molecule has 0 saturated heterocycles. The third kappa shape index (κ3) is 5.61. The van der Waals surface area contributed by atoms with Gasteiger partial charge in [0, 0.05) is 53.8 Å². The van der Waals surface area contributed by atoms with Gasteiger partial charge in [0.05, 0.1) is 6.61 Å². The molecule has 0 aromatic heterocycles. The van der Waals surface area contributed by atoms with Crippen molar-refractivity contribution < 1.29 is 55.4 Å². The van der Waals surface area contributed by atoms with E-state index < -0.39 is 23.2 Å². The number of benzene rings is 2. The van der Waals surface area contributed by atoms with Crippen LogP contribution in [0.1, 0.15) is 21.5 Å². The van der Waals surface area contributed by atoms with Gasteiger partial charge in [-0.1, -0.05) is 6.07 Å². The van der Waals surface area contributed by atoms with Crippen molar-refractivity contribution in [3.05, 3.63) is 82.6 Å². The van der Waals surface area contributed by atoms with E-state index in [1.807, 2.05) is 22.6 Å². The normalized spacial score (nSPS) is 9.88. The van der Waals surface area contributed by atoms with Crippen molar-refractivity contribution in [2.75, 3.05) is 6.61 Å². The molecular formula is C17H14F3IO2Y-2. The van der Waals surface area contributed by atoms with Crippen molar-refractivity contribution in [2.45, 2.75) is 6.42 Å². The minimum atomic E-state index is -1.16. The maximum Gasteiger partial charge on any atom is 0.185 e. The number of hydrogen-bond acceptors (Lipinski definition) is 2. The topological polar surface area (TPSA) is 26.3 Å². The maximum atomic E-state index is 14.1. The molecule has 0 amide bonds. The molecule has 1 radical (unpaired) electrons. The first kappa shape index (κ1) is 23.7. The van der Waals surface area contributed by atoms with Crippen LogP contribution in [0.5, 0.6) is 0 Å². The van der Waals surface area contributed by atoms with Gasteiger partial charge in [0.15, 0.2) is 17.4 Å². The molecule has 0 saturated carbocycles. The average molecular weight is 523 g/mol. The first-order valence-corrected chi connectivity index (χ1v) is 7.33. The summed E-state index contributed by atoms with van der Waals surface area (Å²) in [4.78, 5) is 11.9. The number of rotatable bonds is 5. The molecule has 0 aliphatic heterocycles. The van der Waals surface area contributed by atoms with Gasteiger partial charge in [0.1, 0.15) is 5.82 Å². The molecule has 0 aliphatic carbocycles. The Bertz CT molecular complexity index is 723. The predicted molar refractivity (Wildman–Crippen MR) is 90.3 cm³/mol. The molecule has 7 heteroatoms. The van der Waals surface area contributed by atoms with E-state index in [1.165, 1.54) is 18.2 Å². The summed E-state index contributed by atoms with van der Waals surface area (Å²) in [6, 6.07) is 6.44. The van der Waals surface area contributed by atoms with Crippen molar-refractivity contribution in [3.8, 4) is 0 Å². The van der Waals surface area contributed by atoms with Crippen LogP contribution < -0.4 is 0 Å². The van der Waals surface area contributed by atoms with Crippen LogP contribution in [-0.2, 0) is 43.9 Å². The number of hydrogen-bond donors (Lipinski definition) is 0. The third-order valence-corrected chi connectivity index (χ3v) is 3.78. The Kier molecular flexibility index (Phi) is 10.5. The molecule has 0 bridgehead atoms. The summed E-state index contributed by atoms with van der Waals surface area (Å²) in [5, 5.41) is 0. The van der Waals surface area contributed by atoms with Gasteiger partial charge in [-0.25, -0.2) is 20.3 Å². The van der Waals surface area contributed by atoms with Crippen LogP contribution in [0.2, 0.25) is 0 Å². The second-order valence-electron chi connectivity index (χ2n) is 4.57. The summed E-state index contributed by atoms with van der Waals surface area (Å²) in [7, 11) is 3.08. The van der Waals surface area contributed by atoms with Crippen molar-refractivity contribution in [2.24, 2.45) is 0 Å². The van der Waals surface area contributed by atoms with Crippen molar-refractivity contribution in [1.29, 1.82) is 0 Å². The second-order valence-corrected chi connectivity index (χ2v) is 5.82. The van der Waals surface area contributed by atoms with E-state index >= 15 is 0 Å². The zero-order valence-electron chi connectivity index (χ0n) is 12.9. The molecule has 2 nitrogen and oxygen atoms in total. The Morgan fingerprint density at radius 2 is 1.79 bits per heavy atom. The fourth-order valence-electron chi connectivity index (χ4n) is 2.05. The van der Waals surface area contributed by atoms with Crippen LogP contribution in [0.4, 0.5) is 13.2 Å². The Morgan fingerprint density at radius 1 is 1.12 bits per heavy atom. The van der Waals surface area contributed by atoms with Gasteiger partial charge in [-0.05, 0) is 52.4 Å².